The zero-order valence-electron chi connectivity index (χ0n) is 30.1. The van der Waals surface area contributed by atoms with Gasteiger partial charge in [0, 0.05) is 5.56 Å². The van der Waals surface area contributed by atoms with Crippen molar-refractivity contribution in [3.05, 3.63) is 132 Å². The van der Waals surface area contributed by atoms with Gasteiger partial charge in [-0.05, 0) is 102 Å². The lowest BCUT2D eigenvalue weighted by Crippen LogP contribution is -2.11. The van der Waals surface area contributed by atoms with Crippen molar-refractivity contribution in [3.63, 3.8) is 0 Å². The SMILES string of the molecule is CCCCCCOc1ccc(-c2ccc(C(=O)Oc3ccc(OC(=O)c4ccc(-c5ccc(OCCCCCC)cc5)cc4)c(CO)c3)cc2)cc1. The lowest BCUT2D eigenvalue weighted by atomic mass is 10.0. The minimum absolute atomic E-state index is 0.180. The normalized spacial score (nSPS) is 10.8. The van der Waals surface area contributed by atoms with Crippen LogP contribution in [0.3, 0.4) is 0 Å². The number of carbonyl (C=O) groups excluding carboxylic acids is 2. The number of esters is 2. The molecule has 0 heterocycles. The van der Waals surface area contributed by atoms with Crippen LogP contribution in [0.1, 0.15) is 91.5 Å². The van der Waals surface area contributed by atoms with Gasteiger partial charge < -0.3 is 24.1 Å². The molecule has 0 saturated heterocycles. The van der Waals surface area contributed by atoms with E-state index in [4.69, 9.17) is 18.9 Å². The van der Waals surface area contributed by atoms with Crippen LogP contribution in [-0.4, -0.2) is 30.3 Å². The predicted molar refractivity (Wildman–Crippen MR) is 205 cm³/mol. The molecule has 5 aromatic rings. The number of ether oxygens (including phenoxy) is 4. The molecular weight excluding hydrogens is 652 g/mol. The highest BCUT2D eigenvalue weighted by molar-refractivity contribution is 5.93. The summed E-state index contributed by atoms with van der Waals surface area (Å²) < 4.78 is 22.9. The Hall–Kier alpha value is -5.40. The lowest BCUT2D eigenvalue weighted by Gasteiger charge is -2.12. The molecule has 0 aliphatic carbocycles. The molecule has 5 rings (SSSR count). The fourth-order valence-corrected chi connectivity index (χ4v) is 5.69. The molecule has 0 aliphatic rings. The first-order chi connectivity index (χ1) is 25.5. The van der Waals surface area contributed by atoms with Gasteiger partial charge in [-0.15, -0.1) is 0 Å². The summed E-state index contributed by atoms with van der Waals surface area (Å²) in [4.78, 5) is 25.9. The molecule has 0 aliphatic heterocycles. The molecule has 0 unspecified atom stereocenters. The smallest absolute Gasteiger partial charge is 0.343 e. The van der Waals surface area contributed by atoms with Gasteiger partial charge in [0.25, 0.3) is 0 Å². The van der Waals surface area contributed by atoms with Crippen LogP contribution in [0.2, 0.25) is 0 Å². The van der Waals surface area contributed by atoms with E-state index in [9.17, 15) is 14.7 Å². The summed E-state index contributed by atoms with van der Waals surface area (Å²) in [6.07, 6.45) is 9.30. The molecule has 5 aromatic carbocycles. The number of unbranched alkanes of at least 4 members (excludes halogenated alkanes) is 6. The second kappa shape index (κ2) is 19.8. The topological polar surface area (TPSA) is 91.3 Å². The number of carbonyl (C=O) groups is 2. The van der Waals surface area contributed by atoms with Gasteiger partial charge >= 0.3 is 11.9 Å². The molecular formula is C45H48O7. The van der Waals surface area contributed by atoms with Crippen molar-refractivity contribution < 1.29 is 33.6 Å². The van der Waals surface area contributed by atoms with E-state index in [0.717, 1.165) is 46.6 Å². The molecule has 7 nitrogen and oxygen atoms in total. The van der Waals surface area contributed by atoms with E-state index < -0.39 is 18.5 Å². The van der Waals surface area contributed by atoms with Gasteiger partial charge in [0.2, 0.25) is 0 Å². The molecule has 0 radical (unpaired) electrons. The minimum Gasteiger partial charge on any atom is -0.494 e. The van der Waals surface area contributed by atoms with Gasteiger partial charge in [0.05, 0.1) is 30.9 Å². The van der Waals surface area contributed by atoms with Crippen molar-refractivity contribution in [1.29, 1.82) is 0 Å². The maximum absolute atomic E-state index is 13.0. The zero-order valence-corrected chi connectivity index (χ0v) is 30.1. The van der Waals surface area contributed by atoms with Crippen molar-refractivity contribution in [2.24, 2.45) is 0 Å². The van der Waals surface area contributed by atoms with Crippen LogP contribution in [0.5, 0.6) is 23.0 Å². The number of hydrogen-bond acceptors (Lipinski definition) is 7. The number of benzene rings is 5. The Labute approximate surface area is 307 Å². The fraction of sp³-hybridized carbons (Fsp3) is 0.289. The highest BCUT2D eigenvalue weighted by Gasteiger charge is 2.15. The first kappa shape index (κ1) is 37.8. The molecule has 0 spiro atoms. The van der Waals surface area contributed by atoms with Gasteiger partial charge in [-0.2, -0.15) is 0 Å². The molecule has 0 amide bonds. The van der Waals surface area contributed by atoms with Gasteiger partial charge in [-0.25, -0.2) is 9.59 Å². The van der Waals surface area contributed by atoms with Crippen LogP contribution >= 0.6 is 0 Å². The van der Waals surface area contributed by atoms with Gasteiger partial charge in [0.15, 0.2) is 0 Å². The summed E-state index contributed by atoms with van der Waals surface area (Å²) >= 11 is 0. The molecule has 0 aromatic heterocycles. The quantitative estimate of drug-likeness (QED) is 0.0521. The van der Waals surface area contributed by atoms with E-state index in [2.05, 4.69) is 13.8 Å². The summed E-state index contributed by atoms with van der Waals surface area (Å²) in [5.74, 6) is 0.972. The average Bonchev–Trinajstić information content (AvgIpc) is 3.19. The van der Waals surface area contributed by atoms with Crippen LogP contribution < -0.4 is 18.9 Å². The van der Waals surface area contributed by atoms with Crippen LogP contribution in [0, 0.1) is 0 Å². The van der Waals surface area contributed by atoms with Gasteiger partial charge in [0.1, 0.15) is 23.0 Å². The van der Waals surface area contributed by atoms with Crippen molar-refractivity contribution >= 4 is 11.9 Å². The number of aliphatic hydroxyl groups is 1. The van der Waals surface area contributed by atoms with Crippen LogP contribution in [0.25, 0.3) is 22.3 Å². The monoisotopic (exact) mass is 700 g/mol. The van der Waals surface area contributed by atoms with E-state index in [-0.39, 0.29) is 11.5 Å². The first-order valence-electron chi connectivity index (χ1n) is 18.3. The van der Waals surface area contributed by atoms with Crippen LogP contribution in [-0.2, 0) is 6.61 Å². The third-order valence-corrected chi connectivity index (χ3v) is 8.77. The van der Waals surface area contributed by atoms with Gasteiger partial charge in [-0.3, -0.25) is 0 Å². The Morgan fingerprint density at radius 1 is 0.481 bits per heavy atom. The Morgan fingerprint density at radius 3 is 1.31 bits per heavy atom. The third-order valence-electron chi connectivity index (χ3n) is 8.77. The molecule has 0 fully saturated rings. The second-order valence-electron chi connectivity index (χ2n) is 12.7. The van der Waals surface area contributed by atoms with Crippen molar-refractivity contribution in [3.8, 4) is 45.3 Å². The van der Waals surface area contributed by atoms with Crippen molar-refractivity contribution in [1.82, 2.24) is 0 Å². The van der Waals surface area contributed by atoms with E-state index in [1.807, 2.05) is 72.8 Å². The first-order valence-corrected chi connectivity index (χ1v) is 18.3. The summed E-state index contributed by atoms with van der Waals surface area (Å²) in [7, 11) is 0. The van der Waals surface area contributed by atoms with Crippen molar-refractivity contribution in [2.75, 3.05) is 13.2 Å². The largest absolute Gasteiger partial charge is 0.494 e. The number of hydrogen-bond donors (Lipinski definition) is 1. The minimum atomic E-state index is -0.567. The fourth-order valence-electron chi connectivity index (χ4n) is 5.69. The number of aliphatic hydroxyl groups excluding tert-OH is 1. The third kappa shape index (κ3) is 11.0. The number of rotatable bonds is 19. The Balaban J connectivity index is 1.13. The Morgan fingerprint density at radius 2 is 0.885 bits per heavy atom. The maximum Gasteiger partial charge on any atom is 0.343 e. The molecule has 0 bridgehead atoms. The molecule has 0 atom stereocenters. The molecule has 270 valence electrons. The molecule has 52 heavy (non-hydrogen) atoms. The van der Waals surface area contributed by atoms with E-state index in [1.165, 1.54) is 56.7 Å². The molecule has 0 saturated carbocycles. The summed E-state index contributed by atoms with van der Waals surface area (Å²) in [6.45, 7) is 5.40. The van der Waals surface area contributed by atoms with Crippen LogP contribution in [0.4, 0.5) is 0 Å². The Kier molecular flexibility index (Phi) is 14.4. The maximum atomic E-state index is 13.0. The highest BCUT2D eigenvalue weighted by Crippen LogP contribution is 2.28. The van der Waals surface area contributed by atoms with Crippen LogP contribution in [0.15, 0.2) is 115 Å². The average molecular weight is 701 g/mol. The lowest BCUT2D eigenvalue weighted by molar-refractivity contribution is 0.0716. The second-order valence-corrected chi connectivity index (χ2v) is 12.7. The standard InChI is InChI=1S/C45H48O7/c1-3-5-7-9-29-49-40-23-19-35(20-24-40)33-11-15-37(16-12-33)44(47)51-42-27-28-43(39(31-42)32-46)52-45(48)38-17-13-34(14-18-38)36-21-25-41(26-22-36)50-30-10-8-6-4-2/h11-28,31,46H,3-10,29-30,32H2,1-2H3. The van der Waals surface area contributed by atoms with Gasteiger partial charge in [-0.1, -0.05) is 101 Å². The zero-order chi connectivity index (χ0) is 36.5. The predicted octanol–water partition coefficient (Wildman–Crippen LogP) is 10.9. The van der Waals surface area contributed by atoms with Crippen molar-refractivity contribution in [2.45, 2.75) is 71.8 Å². The van der Waals surface area contributed by atoms with E-state index in [0.29, 0.717) is 29.9 Å². The summed E-state index contributed by atoms with van der Waals surface area (Å²) in [5.41, 5.74) is 4.98. The van der Waals surface area contributed by atoms with E-state index >= 15 is 0 Å². The molecule has 1 N–H and O–H groups in total. The Bertz CT molecular complexity index is 1850. The summed E-state index contributed by atoms with van der Waals surface area (Å²) in [5, 5.41) is 10.0. The summed E-state index contributed by atoms with van der Waals surface area (Å²) in [6, 6.07) is 34.7. The highest BCUT2D eigenvalue weighted by atomic mass is 16.5. The molecule has 7 heteroatoms. The van der Waals surface area contributed by atoms with E-state index in [1.54, 1.807) is 24.3 Å².